The molecule has 144 valence electrons. The summed E-state index contributed by atoms with van der Waals surface area (Å²) in [5.41, 5.74) is 0.0931. The summed E-state index contributed by atoms with van der Waals surface area (Å²) in [6, 6.07) is 10.5. The summed E-state index contributed by atoms with van der Waals surface area (Å²) >= 11 is 0. The van der Waals surface area contributed by atoms with Crippen LogP contribution in [0.3, 0.4) is 0 Å². The van der Waals surface area contributed by atoms with Crippen molar-refractivity contribution in [3.8, 4) is 5.75 Å². The second-order valence-electron chi connectivity index (χ2n) is 5.30. The van der Waals surface area contributed by atoms with Crippen molar-refractivity contribution in [2.45, 2.75) is 11.5 Å². The maximum Gasteiger partial charge on any atom is 0.387 e. The third-order valence-electron chi connectivity index (χ3n) is 3.21. The first-order valence-electron chi connectivity index (χ1n) is 7.48. The molecule has 0 heterocycles. The lowest BCUT2D eigenvalue weighted by molar-refractivity contribution is -0.119. The summed E-state index contributed by atoms with van der Waals surface area (Å²) in [5.74, 6) is -1.72. The number of sulfone groups is 1. The Hall–Kier alpha value is -3.01. The molecule has 7 nitrogen and oxygen atoms in total. The fourth-order valence-corrected chi connectivity index (χ4v) is 2.91. The van der Waals surface area contributed by atoms with Crippen molar-refractivity contribution >= 4 is 27.4 Å². The molecule has 2 aromatic rings. The minimum Gasteiger partial charge on any atom is -0.452 e. The van der Waals surface area contributed by atoms with Gasteiger partial charge in [0.05, 0.1) is 16.1 Å². The number of rotatable bonds is 7. The number of amides is 1. The third kappa shape index (κ3) is 6.03. The molecule has 0 saturated heterocycles. The van der Waals surface area contributed by atoms with Crippen LogP contribution in [0.5, 0.6) is 5.75 Å². The Morgan fingerprint density at radius 2 is 1.70 bits per heavy atom. The van der Waals surface area contributed by atoms with Crippen LogP contribution >= 0.6 is 0 Å². The predicted octanol–water partition coefficient (Wildman–Crippen LogP) is 2.49. The molecule has 0 aliphatic rings. The number of alkyl halides is 2. The lowest BCUT2D eigenvalue weighted by Crippen LogP contribution is -2.22. The highest BCUT2D eigenvalue weighted by Gasteiger charge is 2.16. The number of halogens is 2. The number of anilines is 1. The molecule has 0 saturated carbocycles. The number of carbonyl (C=O) groups is 2. The number of benzene rings is 2. The van der Waals surface area contributed by atoms with Gasteiger partial charge in [-0.3, -0.25) is 4.79 Å². The highest BCUT2D eigenvalue weighted by Crippen LogP contribution is 2.20. The van der Waals surface area contributed by atoms with Gasteiger partial charge in [-0.25, -0.2) is 13.2 Å². The van der Waals surface area contributed by atoms with E-state index in [1.807, 2.05) is 0 Å². The predicted molar refractivity (Wildman–Crippen MR) is 91.5 cm³/mol. The smallest absolute Gasteiger partial charge is 0.387 e. The van der Waals surface area contributed by atoms with E-state index in [2.05, 4.69) is 10.1 Å². The van der Waals surface area contributed by atoms with Gasteiger partial charge in [0, 0.05) is 6.26 Å². The Kier molecular flexibility index (Phi) is 6.45. The van der Waals surface area contributed by atoms with Crippen LogP contribution in [0.2, 0.25) is 0 Å². The molecule has 0 fully saturated rings. The molecule has 0 radical (unpaired) electrons. The first-order valence-corrected chi connectivity index (χ1v) is 9.37. The van der Waals surface area contributed by atoms with Crippen molar-refractivity contribution in [1.29, 1.82) is 0 Å². The van der Waals surface area contributed by atoms with Gasteiger partial charge in [0.2, 0.25) is 0 Å². The van der Waals surface area contributed by atoms with Crippen LogP contribution < -0.4 is 10.1 Å². The number of esters is 1. The zero-order chi connectivity index (χ0) is 20.0. The maximum absolute atomic E-state index is 12.1. The second-order valence-corrected chi connectivity index (χ2v) is 7.28. The van der Waals surface area contributed by atoms with Crippen molar-refractivity contribution in [3.63, 3.8) is 0 Å². The van der Waals surface area contributed by atoms with Crippen LogP contribution in [0, 0.1) is 0 Å². The van der Waals surface area contributed by atoms with Crippen molar-refractivity contribution in [1.82, 2.24) is 0 Å². The Morgan fingerprint density at radius 1 is 1.07 bits per heavy atom. The average molecular weight is 399 g/mol. The van der Waals surface area contributed by atoms with E-state index in [4.69, 9.17) is 4.74 Å². The monoisotopic (exact) mass is 399 g/mol. The summed E-state index contributed by atoms with van der Waals surface area (Å²) < 4.78 is 56.5. The Morgan fingerprint density at radius 3 is 2.30 bits per heavy atom. The summed E-state index contributed by atoms with van der Waals surface area (Å²) in [6.07, 6.45) is 0.999. The topological polar surface area (TPSA) is 98.8 Å². The number of ether oxygens (including phenoxy) is 2. The summed E-state index contributed by atoms with van der Waals surface area (Å²) in [6.45, 7) is -3.65. The van der Waals surface area contributed by atoms with Gasteiger partial charge in [0.25, 0.3) is 5.91 Å². The molecule has 10 heteroatoms. The van der Waals surface area contributed by atoms with Gasteiger partial charge in [-0.15, -0.1) is 0 Å². The molecule has 1 N–H and O–H groups in total. The fraction of sp³-hybridized carbons (Fsp3) is 0.176. The molecule has 0 unspecified atom stereocenters. The molecule has 27 heavy (non-hydrogen) atoms. The largest absolute Gasteiger partial charge is 0.452 e. The molecule has 0 aliphatic carbocycles. The third-order valence-corrected chi connectivity index (χ3v) is 4.37. The number of hydrogen-bond acceptors (Lipinski definition) is 6. The zero-order valence-corrected chi connectivity index (χ0v) is 14.8. The van der Waals surface area contributed by atoms with E-state index in [1.54, 1.807) is 6.07 Å². The number of para-hydroxylation sites is 1. The molecule has 0 aliphatic heterocycles. The van der Waals surface area contributed by atoms with Crippen molar-refractivity contribution in [2.24, 2.45) is 0 Å². The first-order chi connectivity index (χ1) is 12.7. The van der Waals surface area contributed by atoms with Crippen molar-refractivity contribution < 1.29 is 36.3 Å². The average Bonchev–Trinajstić information content (AvgIpc) is 2.59. The van der Waals surface area contributed by atoms with Gasteiger partial charge < -0.3 is 14.8 Å². The van der Waals surface area contributed by atoms with Crippen LogP contribution in [0.1, 0.15) is 10.4 Å². The van der Waals surface area contributed by atoms with Crippen molar-refractivity contribution in [2.75, 3.05) is 18.2 Å². The Bertz CT molecular complexity index is 929. The van der Waals surface area contributed by atoms with Crippen LogP contribution in [0.25, 0.3) is 0 Å². The SMILES string of the molecule is CS(=O)(=O)c1ccccc1NC(=O)COC(=O)c1ccc(OC(F)F)cc1. The van der Waals surface area contributed by atoms with E-state index < -0.39 is 34.9 Å². The van der Waals surface area contributed by atoms with E-state index >= 15 is 0 Å². The molecule has 0 spiro atoms. The number of carbonyl (C=O) groups excluding carboxylic acids is 2. The van der Waals surface area contributed by atoms with E-state index in [0.717, 1.165) is 18.4 Å². The van der Waals surface area contributed by atoms with E-state index in [-0.39, 0.29) is 21.9 Å². The van der Waals surface area contributed by atoms with Crippen LogP contribution in [-0.4, -0.2) is 39.8 Å². The van der Waals surface area contributed by atoms with E-state index in [9.17, 15) is 26.8 Å². The fourth-order valence-electron chi connectivity index (χ4n) is 2.07. The van der Waals surface area contributed by atoms with Crippen LogP contribution in [0.4, 0.5) is 14.5 Å². The lowest BCUT2D eigenvalue weighted by Gasteiger charge is -2.10. The highest BCUT2D eigenvalue weighted by atomic mass is 32.2. The lowest BCUT2D eigenvalue weighted by atomic mass is 10.2. The van der Waals surface area contributed by atoms with Crippen LogP contribution in [-0.2, 0) is 19.4 Å². The number of hydrogen-bond donors (Lipinski definition) is 1. The summed E-state index contributed by atoms with van der Waals surface area (Å²) in [5, 5.41) is 2.36. The van der Waals surface area contributed by atoms with Crippen molar-refractivity contribution in [3.05, 3.63) is 54.1 Å². The minimum absolute atomic E-state index is 0.0287. The maximum atomic E-state index is 12.1. The van der Waals surface area contributed by atoms with Gasteiger partial charge in [0.1, 0.15) is 5.75 Å². The quantitative estimate of drug-likeness (QED) is 0.719. The molecule has 1 amide bonds. The zero-order valence-electron chi connectivity index (χ0n) is 14.0. The van der Waals surface area contributed by atoms with Gasteiger partial charge in [0.15, 0.2) is 16.4 Å². The van der Waals surface area contributed by atoms with E-state index in [1.165, 1.54) is 30.3 Å². The highest BCUT2D eigenvalue weighted by molar-refractivity contribution is 7.90. The summed E-state index contributed by atoms with van der Waals surface area (Å²) in [4.78, 5) is 23.7. The molecule has 2 rings (SSSR count). The first kappa shape index (κ1) is 20.3. The number of nitrogens with one attached hydrogen (secondary N) is 1. The molecular formula is C17H15F2NO6S. The molecule has 0 bridgehead atoms. The molecule has 0 aromatic heterocycles. The Balaban J connectivity index is 1.95. The van der Waals surface area contributed by atoms with Gasteiger partial charge in [-0.2, -0.15) is 8.78 Å². The summed E-state index contributed by atoms with van der Waals surface area (Å²) in [7, 11) is -3.55. The van der Waals surface area contributed by atoms with Gasteiger partial charge in [-0.1, -0.05) is 12.1 Å². The Labute approximate surface area is 153 Å². The minimum atomic E-state index is -3.55. The standard InChI is InChI=1S/C17H15F2NO6S/c1-27(23,24)14-5-3-2-4-13(14)20-15(21)10-25-16(22)11-6-8-12(9-7-11)26-17(18)19/h2-9,17H,10H2,1H3,(H,20,21). The molecule has 0 atom stereocenters. The second kappa shape index (κ2) is 8.58. The van der Waals surface area contributed by atoms with E-state index in [0.29, 0.717) is 0 Å². The van der Waals surface area contributed by atoms with Gasteiger partial charge >= 0.3 is 12.6 Å². The van der Waals surface area contributed by atoms with Crippen LogP contribution in [0.15, 0.2) is 53.4 Å². The molecule has 2 aromatic carbocycles. The molecular weight excluding hydrogens is 384 g/mol. The van der Waals surface area contributed by atoms with Gasteiger partial charge in [-0.05, 0) is 36.4 Å². The normalized spacial score (nSPS) is 11.1.